The summed E-state index contributed by atoms with van der Waals surface area (Å²) in [7, 11) is 0. The van der Waals surface area contributed by atoms with Gasteiger partial charge in [0, 0.05) is 12.6 Å². The molecule has 1 aromatic rings. The van der Waals surface area contributed by atoms with Crippen molar-refractivity contribution in [3.63, 3.8) is 0 Å². The molecule has 4 heteroatoms. The summed E-state index contributed by atoms with van der Waals surface area (Å²) >= 11 is 0. The summed E-state index contributed by atoms with van der Waals surface area (Å²) in [5.41, 5.74) is 2.85. The van der Waals surface area contributed by atoms with E-state index in [9.17, 15) is 5.11 Å². The molecule has 104 valence electrons. The van der Waals surface area contributed by atoms with Crippen LogP contribution in [0.25, 0.3) is 0 Å². The van der Waals surface area contributed by atoms with Gasteiger partial charge >= 0.3 is 0 Å². The number of rotatable bonds is 4. The molecule has 1 aliphatic heterocycles. The van der Waals surface area contributed by atoms with Gasteiger partial charge in [0.25, 0.3) is 0 Å². The van der Waals surface area contributed by atoms with Gasteiger partial charge in [0.2, 0.25) is 0 Å². The first-order chi connectivity index (χ1) is 9.12. The zero-order chi connectivity index (χ0) is 13.5. The largest absolute Gasteiger partial charge is 0.504 e. The summed E-state index contributed by atoms with van der Waals surface area (Å²) in [4.78, 5) is 0. The Kier molecular flexibility index (Phi) is 3.15. The van der Waals surface area contributed by atoms with Crippen LogP contribution in [0.3, 0.4) is 0 Å². The lowest BCUT2D eigenvalue weighted by molar-refractivity contribution is 0.196. The van der Waals surface area contributed by atoms with Crippen molar-refractivity contribution in [1.82, 2.24) is 5.32 Å². The lowest BCUT2D eigenvalue weighted by Crippen LogP contribution is -2.41. The number of ether oxygens (including phenoxy) is 1. The first kappa shape index (κ1) is 12.8. The minimum absolute atomic E-state index is 0.0429. The normalized spacial score (nSPS) is 23.8. The van der Waals surface area contributed by atoms with Gasteiger partial charge in [-0.15, -0.1) is 0 Å². The van der Waals surface area contributed by atoms with Gasteiger partial charge in [0.15, 0.2) is 11.5 Å². The number of phenolic OH excluding ortho intramolecular Hbond substituents is 1. The molecule has 19 heavy (non-hydrogen) atoms. The fourth-order valence-corrected chi connectivity index (χ4v) is 2.84. The number of aliphatic hydroxyl groups is 1. The van der Waals surface area contributed by atoms with Gasteiger partial charge < -0.3 is 20.3 Å². The summed E-state index contributed by atoms with van der Waals surface area (Å²) in [6, 6.07) is 4.23. The molecule has 1 aliphatic carbocycles. The number of fused-ring (bicyclic) bond motifs is 1. The smallest absolute Gasteiger partial charge is 0.161 e. The maximum absolute atomic E-state index is 9.90. The molecule has 1 atom stereocenters. The Morgan fingerprint density at radius 3 is 2.84 bits per heavy atom. The van der Waals surface area contributed by atoms with Crippen molar-refractivity contribution in [2.45, 2.75) is 38.8 Å². The number of aromatic hydroxyl groups is 1. The van der Waals surface area contributed by atoms with Crippen molar-refractivity contribution in [3.8, 4) is 11.5 Å². The molecule has 0 saturated heterocycles. The van der Waals surface area contributed by atoms with E-state index >= 15 is 0 Å². The van der Waals surface area contributed by atoms with Crippen molar-refractivity contribution in [1.29, 1.82) is 0 Å². The summed E-state index contributed by atoms with van der Waals surface area (Å²) < 4.78 is 5.37. The molecule has 1 fully saturated rings. The fraction of sp³-hybridized carbons (Fsp3) is 0.600. The quantitative estimate of drug-likeness (QED) is 0.772. The van der Waals surface area contributed by atoms with Crippen LogP contribution in [-0.4, -0.2) is 29.5 Å². The van der Waals surface area contributed by atoms with E-state index in [-0.39, 0.29) is 19.0 Å². The van der Waals surface area contributed by atoms with Gasteiger partial charge in [0.1, 0.15) is 6.61 Å². The van der Waals surface area contributed by atoms with E-state index in [0.29, 0.717) is 17.2 Å². The SMILES string of the molecule is CC1(C2Cc3cc(OCCO)c(O)cc3CN2)CC1. The second-order valence-electron chi connectivity index (χ2n) is 5.95. The molecule has 3 rings (SSSR count). The Labute approximate surface area is 113 Å². The van der Waals surface area contributed by atoms with E-state index in [4.69, 9.17) is 9.84 Å². The van der Waals surface area contributed by atoms with Gasteiger partial charge in [0.05, 0.1) is 6.61 Å². The molecule has 1 unspecified atom stereocenters. The van der Waals surface area contributed by atoms with Gasteiger partial charge in [-0.1, -0.05) is 6.92 Å². The van der Waals surface area contributed by atoms with Crippen LogP contribution in [0.1, 0.15) is 30.9 Å². The predicted molar refractivity (Wildman–Crippen MR) is 72.4 cm³/mol. The predicted octanol–water partition coefficient (Wildman–Crippen LogP) is 1.58. The maximum Gasteiger partial charge on any atom is 0.161 e. The van der Waals surface area contributed by atoms with E-state index in [2.05, 4.69) is 12.2 Å². The average Bonchev–Trinajstić information content (AvgIpc) is 3.15. The van der Waals surface area contributed by atoms with Crippen LogP contribution in [0, 0.1) is 5.41 Å². The minimum Gasteiger partial charge on any atom is -0.504 e. The third kappa shape index (κ3) is 2.42. The molecule has 1 saturated carbocycles. The Bertz CT molecular complexity index is 483. The van der Waals surface area contributed by atoms with E-state index in [0.717, 1.165) is 18.5 Å². The Hall–Kier alpha value is -1.26. The van der Waals surface area contributed by atoms with Crippen molar-refractivity contribution >= 4 is 0 Å². The van der Waals surface area contributed by atoms with Gasteiger partial charge in [-0.3, -0.25) is 0 Å². The van der Waals surface area contributed by atoms with E-state index in [1.807, 2.05) is 6.07 Å². The molecular formula is C15H21NO3. The summed E-state index contributed by atoms with van der Waals surface area (Å²) in [6.45, 7) is 3.31. The van der Waals surface area contributed by atoms with Gasteiger partial charge in [-0.25, -0.2) is 0 Å². The van der Waals surface area contributed by atoms with Crippen LogP contribution >= 0.6 is 0 Å². The Balaban J connectivity index is 1.82. The van der Waals surface area contributed by atoms with Crippen molar-refractivity contribution in [2.24, 2.45) is 5.41 Å². The third-order valence-corrected chi connectivity index (χ3v) is 4.47. The number of aliphatic hydroxyl groups excluding tert-OH is 1. The fourth-order valence-electron chi connectivity index (χ4n) is 2.84. The molecule has 1 aromatic carbocycles. The highest BCUT2D eigenvalue weighted by Gasteiger charge is 2.45. The van der Waals surface area contributed by atoms with Crippen molar-refractivity contribution in [3.05, 3.63) is 23.3 Å². The number of phenols is 1. The Morgan fingerprint density at radius 2 is 2.16 bits per heavy atom. The highest BCUT2D eigenvalue weighted by atomic mass is 16.5. The molecule has 0 radical (unpaired) electrons. The highest BCUT2D eigenvalue weighted by molar-refractivity contribution is 5.47. The lowest BCUT2D eigenvalue weighted by Gasteiger charge is -2.31. The average molecular weight is 263 g/mol. The second-order valence-corrected chi connectivity index (χ2v) is 5.95. The molecule has 4 nitrogen and oxygen atoms in total. The molecule has 0 bridgehead atoms. The summed E-state index contributed by atoms with van der Waals surface area (Å²) in [5.74, 6) is 0.638. The maximum atomic E-state index is 9.90. The monoisotopic (exact) mass is 263 g/mol. The summed E-state index contributed by atoms with van der Waals surface area (Å²) in [6.07, 6.45) is 3.58. The van der Waals surface area contributed by atoms with Crippen molar-refractivity contribution < 1.29 is 14.9 Å². The number of nitrogens with one attached hydrogen (secondary N) is 1. The van der Waals surface area contributed by atoms with Crippen molar-refractivity contribution in [2.75, 3.05) is 13.2 Å². The second kappa shape index (κ2) is 4.69. The van der Waals surface area contributed by atoms with Crippen LogP contribution in [0.2, 0.25) is 0 Å². The molecule has 3 N–H and O–H groups in total. The molecule has 1 heterocycles. The first-order valence-corrected chi connectivity index (χ1v) is 6.94. The molecular weight excluding hydrogens is 242 g/mol. The molecule has 0 aromatic heterocycles. The standard InChI is InChI=1S/C15H21NO3/c1-15(2-3-15)14-8-10-7-13(19-5-4-17)12(18)6-11(10)9-16-14/h6-7,14,16-18H,2-5,8-9H2,1H3. The summed E-state index contributed by atoms with van der Waals surface area (Å²) in [5, 5.41) is 22.3. The van der Waals surface area contributed by atoms with Crippen LogP contribution in [0.4, 0.5) is 0 Å². The van der Waals surface area contributed by atoms with Crippen LogP contribution in [0.5, 0.6) is 11.5 Å². The molecule has 0 amide bonds. The first-order valence-electron chi connectivity index (χ1n) is 6.94. The Morgan fingerprint density at radius 1 is 1.37 bits per heavy atom. The van der Waals surface area contributed by atoms with Crippen LogP contribution in [0.15, 0.2) is 12.1 Å². The molecule has 0 spiro atoms. The number of hydrogen-bond acceptors (Lipinski definition) is 4. The zero-order valence-electron chi connectivity index (χ0n) is 11.3. The van der Waals surface area contributed by atoms with Gasteiger partial charge in [-0.05, 0) is 47.9 Å². The third-order valence-electron chi connectivity index (χ3n) is 4.47. The number of benzene rings is 1. The lowest BCUT2D eigenvalue weighted by atomic mass is 9.87. The van der Waals surface area contributed by atoms with Crippen LogP contribution in [-0.2, 0) is 13.0 Å². The zero-order valence-corrected chi connectivity index (χ0v) is 11.3. The van der Waals surface area contributed by atoms with Gasteiger partial charge in [-0.2, -0.15) is 0 Å². The van der Waals surface area contributed by atoms with E-state index in [1.54, 1.807) is 6.07 Å². The van der Waals surface area contributed by atoms with E-state index in [1.165, 1.54) is 18.4 Å². The minimum atomic E-state index is -0.0429. The highest BCUT2D eigenvalue weighted by Crippen LogP contribution is 2.50. The molecule has 2 aliphatic rings. The number of hydrogen-bond donors (Lipinski definition) is 3. The topological polar surface area (TPSA) is 61.7 Å². The van der Waals surface area contributed by atoms with Crippen LogP contribution < -0.4 is 10.1 Å². The van der Waals surface area contributed by atoms with E-state index < -0.39 is 0 Å².